The van der Waals surface area contributed by atoms with Gasteiger partial charge in [-0.05, 0) is 32.9 Å². The van der Waals surface area contributed by atoms with Gasteiger partial charge in [0.2, 0.25) is 5.91 Å². The van der Waals surface area contributed by atoms with Crippen LogP contribution in [-0.4, -0.2) is 43.3 Å². The third kappa shape index (κ3) is 3.72. The molecule has 2 heterocycles. The Labute approximate surface area is 141 Å². The van der Waals surface area contributed by atoms with Crippen molar-refractivity contribution in [3.63, 3.8) is 0 Å². The second-order valence-electron chi connectivity index (χ2n) is 7.08. The quantitative estimate of drug-likeness (QED) is 0.863. The van der Waals surface area contributed by atoms with Gasteiger partial charge >= 0.3 is 6.03 Å². The Morgan fingerprint density at radius 2 is 1.92 bits per heavy atom. The van der Waals surface area contributed by atoms with Crippen LogP contribution in [0.2, 0.25) is 0 Å². The zero-order chi connectivity index (χ0) is 17.3. The third-order valence-corrected chi connectivity index (χ3v) is 3.79. The maximum absolute atomic E-state index is 12.3. The molecule has 0 bridgehead atoms. The highest BCUT2D eigenvalue weighted by Crippen LogP contribution is 2.35. The van der Waals surface area contributed by atoms with E-state index in [9.17, 15) is 9.59 Å². The Morgan fingerprint density at radius 1 is 1.21 bits per heavy atom. The number of carbonyl (C=O) groups excluding carboxylic acids is 2. The van der Waals surface area contributed by atoms with Gasteiger partial charge in [-0.2, -0.15) is 0 Å². The van der Waals surface area contributed by atoms with E-state index in [1.165, 1.54) is 0 Å². The standard InChI is InChI=1S/C17H23N3O4/c1-17(2,3)19-16(22)18-11-8-15(21)20(10-11)12-4-5-13-14(9-12)24-7-6-23-13/h4-5,9,11H,6-8,10H2,1-3H3,(H2,18,19,22)/t11-/m1/s1. The Kier molecular flexibility index (Phi) is 4.26. The average molecular weight is 333 g/mol. The molecule has 1 saturated heterocycles. The minimum absolute atomic E-state index is 0.0206. The van der Waals surface area contributed by atoms with Gasteiger partial charge in [-0.15, -0.1) is 0 Å². The van der Waals surface area contributed by atoms with E-state index in [1.807, 2.05) is 39.0 Å². The lowest BCUT2D eigenvalue weighted by Crippen LogP contribution is -2.50. The van der Waals surface area contributed by atoms with Crippen molar-refractivity contribution in [3.8, 4) is 11.5 Å². The highest BCUT2D eigenvalue weighted by Gasteiger charge is 2.32. The van der Waals surface area contributed by atoms with Crippen LogP contribution in [0.25, 0.3) is 0 Å². The summed E-state index contributed by atoms with van der Waals surface area (Å²) in [6, 6.07) is 4.98. The number of amides is 3. The van der Waals surface area contributed by atoms with Crippen LogP contribution >= 0.6 is 0 Å². The molecule has 2 aliphatic rings. The molecular weight excluding hydrogens is 310 g/mol. The van der Waals surface area contributed by atoms with E-state index in [-0.39, 0.29) is 29.9 Å². The molecule has 2 aliphatic heterocycles. The van der Waals surface area contributed by atoms with Gasteiger partial charge in [0.05, 0.1) is 6.04 Å². The SMILES string of the molecule is CC(C)(C)NC(=O)N[C@@H]1CC(=O)N(c2ccc3c(c2)OCCO3)C1. The first-order chi connectivity index (χ1) is 11.3. The summed E-state index contributed by atoms with van der Waals surface area (Å²) in [4.78, 5) is 25.9. The summed E-state index contributed by atoms with van der Waals surface area (Å²) in [5, 5.41) is 5.70. The predicted molar refractivity (Wildman–Crippen MR) is 89.6 cm³/mol. The number of rotatable bonds is 2. The normalized spacial score (nSPS) is 20.0. The van der Waals surface area contributed by atoms with E-state index in [4.69, 9.17) is 9.47 Å². The van der Waals surface area contributed by atoms with Gasteiger partial charge in [0, 0.05) is 30.3 Å². The van der Waals surface area contributed by atoms with Crippen molar-refractivity contribution < 1.29 is 19.1 Å². The van der Waals surface area contributed by atoms with Gasteiger partial charge in [-0.3, -0.25) is 4.79 Å². The van der Waals surface area contributed by atoms with E-state index in [0.717, 1.165) is 5.69 Å². The number of benzene rings is 1. The molecule has 7 heteroatoms. The number of nitrogens with one attached hydrogen (secondary N) is 2. The molecule has 0 aromatic heterocycles. The zero-order valence-electron chi connectivity index (χ0n) is 14.2. The van der Waals surface area contributed by atoms with Gasteiger partial charge in [-0.25, -0.2) is 4.79 Å². The summed E-state index contributed by atoms with van der Waals surface area (Å²) in [5.74, 6) is 1.32. The molecule has 1 aromatic carbocycles. The Balaban J connectivity index is 1.66. The first-order valence-corrected chi connectivity index (χ1v) is 8.10. The first kappa shape index (κ1) is 16.4. The Bertz CT molecular complexity index is 654. The van der Waals surface area contributed by atoms with E-state index in [1.54, 1.807) is 4.90 Å². The van der Waals surface area contributed by atoms with Crippen molar-refractivity contribution in [3.05, 3.63) is 18.2 Å². The van der Waals surface area contributed by atoms with Crippen LogP contribution < -0.4 is 25.0 Å². The molecule has 1 atom stereocenters. The second kappa shape index (κ2) is 6.22. The fourth-order valence-electron chi connectivity index (χ4n) is 2.82. The summed E-state index contributed by atoms with van der Waals surface area (Å²) in [6.45, 7) is 7.21. The molecule has 1 fully saturated rings. The fourth-order valence-corrected chi connectivity index (χ4v) is 2.82. The van der Waals surface area contributed by atoms with Crippen LogP contribution in [0, 0.1) is 0 Å². The second-order valence-corrected chi connectivity index (χ2v) is 7.08. The number of anilines is 1. The molecule has 1 aromatic rings. The van der Waals surface area contributed by atoms with Crippen LogP contribution in [-0.2, 0) is 4.79 Å². The summed E-state index contributed by atoms with van der Waals surface area (Å²) in [7, 11) is 0. The average Bonchev–Trinajstić information content (AvgIpc) is 2.85. The van der Waals surface area contributed by atoms with Crippen molar-refractivity contribution in [2.24, 2.45) is 0 Å². The molecule has 24 heavy (non-hydrogen) atoms. The molecule has 3 amide bonds. The maximum atomic E-state index is 12.3. The number of ether oxygens (including phenoxy) is 2. The molecule has 2 N–H and O–H groups in total. The van der Waals surface area contributed by atoms with Crippen LogP contribution in [0.4, 0.5) is 10.5 Å². The fraction of sp³-hybridized carbons (Fsp3) is 0.529. The van der Waals surface area contributed by atoms with Gasteiger partial charge in [-0.1, -0.05) is 0 Å². The van der Waals surface area contributed by atoms with E-state index < -0.39 is 0 Å². The molecule has 0 aliphatic carbocycles. The van der Waals surface area contributed by atoms with Crippen LogP contribution in [0.3, 0.4) is 0 Å². The number of hydrogen-bond donors (Lipinski definition) is 2. The van der Waals surface area contributed by atoms with Crippen molar-refractivity contribution in [1.82, 2.24) is 10.6 Å². The van der Waals surface area contributed by atoms with Crippen LogP contribution in [0.5, 0.6) is 11.5 Å². The molecule has 3 rings (SSSR count). The van der Waals surface area contributed by atoms with Crippen molar-refractivity contribution in [1.29, 1.82) is 0 Å². The summed E-state index contributed by atoms with van der Waals surface area (Å²) < 4.78 is 11.1. The largest absolute Gasteiger partial charge is 0.486 e. The molecule has 7 nitrogen and oxygen atoms in total. The van der Waals surface area contributed by atoms with Crippen molar-refractivity contribution in [2.75, 3.05) is 24.7 Å². The summed E-state index contributed by atoms with van der Waals surface area (Å²) in [5.41, 5.74) is 0.437. The van der Waals surface area contributed by atoms with Crippen LogP contribution in [0.1, 0.15) is 27.2 Å². The molecular formula is C17H23N3O4. The molecule has 130 valence electrons. The van der Waals surface area contributed by atoms with E-state index in [2.05, 4.69) is 10.6 Å². The van der Waals surface area contributed by atoms with Gasteiger partial charge in [0.1, 0.15) is 13.2 Å². The highest BCUT2D eigenvalue weighted by atomic mass is 16.6. The van der Waals surface area contributed by atoms with Crippen molar-refractivity contribution in [2.45, 2.75) is 38.8 Å². The molecule has 0 saturated carbocycles. The lowest BCUT2D eigenvalue weighted by Gasteiger charge is -2.23. The topological polar surface area (TPSA) is 79.9 Å². The minimum Gasteiger partial charge on any atom is -0.486 e. The van der Waals surface area contributed by atoms with E-state index in [0.29, 0.717) is 31.3 Å². The first-order valence-electron chi connectivity index (χ1n) is 8.10. The number of carbonyl (C=O) groups is 2. The molecule has 0 spiro atoms. The van der Waals surface area contributed by atoms with Crippen LogP contribution in [0.15, 0.2) is 18.2 Å². The Hall–Kier alpha value is -2.44. The van der Waals surface area contributed by atoms with Gasteiger partial charge in [0.15, 0.2) is 11.5 Å². The number of hydrogen-bond acceptors (Lipinski definition) is 4. The lowest BCUT2D eigenvalue weighted by atomic mass is 10.1. The Morgan fingerprint density at radius 3 is 2.62 bits per heavy atom. The summed E-state index contributed by atoms with van der Waals surface area (Å²) in [6.07, 6.45) is 0.284. The third-order valence-electron chi connectivity index (χ3n) is 3.79. The van der Waals surface area contributed by atoms with Crippen molar-refractivity contribution >= 4 is 17.6 Å². The monoisotopic (exact) mass is 333 g/mol. The zero-order valence-corrected chi connectivity index (χ0v) is 14.2. The minimum atomic E-state index is -0.317. The van der Waals surface area contributed by atoms with E-state index >= 15 is 0 Å². The van der Waals surface area contributed by atoms with Gasteiger partial charge < -0.3 is 25.0 Å². The lowest BCUT2D eigenvalue weighted by molar-refractivity contribution is -0.117. The number of fused-ring (bicyclic) bond motifs is 1. The number of urea groups is 1. The number of nitrogens with zero attached hydrogens (tertiary/aromatic N) is 1. The highest BCUT2D eigenvalue weighted by molar-refractivity contribution is 5.97. The smallest absolute Gasteiger partial charge is 0.315 e. The van der Waals surface area contributed by atoms with Gasteiger partial charge in [0.25, 0.3) is 0 Å². The molecule has 0 unspecified atom stereocenters. The maximum Gasteiger partial charge on any atom is 0.315 e. The summed E-state index contributed by atoms with van der Waals surface area (Å²) >= 11 is 0. The molecule has 0 radical (unpaired) electrons. The predicted octanol–water partition coefficient (Wildman–Crippen LogP) is 1.66.